The molecule has 1 unspecified atom stereocenters. The lowest BCUT2D eigenvalue weighted by atomic mass is 10.0. The highest BCUT2D eigenvalue weighted by Gasteiger charge is 2.32. The number of aliphatic hydroxyl groups is 2. The molecule has 2 rings (SSSR count). The topological polar surface area (TPSA) is 43.7 Å². The third-order valence-electron chi connectivity index (χ3n) is 4.17. The number of anilines is 1. The maximum Gasteiger partial charge on any atom is 0.0821 e. The van der Waals surface area contributed by atoms with Crippen LogP contribution in [0.15, 0.2) is 24.3 Å². The van der Waals surface area contributed by atoms with Gasteiger partial charge in [-0.25, -0.2) is 0 Å². The minimum absolute atomic E-state index is 0.377. The van der Waals surface area contributed by atoms with Gasteiger partial charge in [0.15, 0.2) is 0 Å². The average Bonchev–Trinajstić information content (AvgIpc) is 2.84. The zero-order valence-corrected chi connectivity index (χ0v) is 12.0. The van der Waals surface area contributed by atoms with E-state index in [1.54, 1.807) is 0 Å². The van der Waals surface area contributed by atoms with Gasteiger partial charge >= 0.3 is 0 Å². The van der Waals surface area contributed by atoms with Crippen molar-refractivity contribution < 1.29 is 10.2 Å². The molecule has 1 saturated carbocycles. The monoisotopic (exact) mass is 263 g/mol. The summed E-state index contributed by atoms with van der Waals surface area (Å²) in [6.45, 7) is 2.66. The van der Waals surface area contributed by atoms with Crippen molar-refractivity contribution in [1.82, 2.24) is 0 Å². The molecule has 3 heteroatoms. The van der Waals surface area contributed by atoms with Crippen molar-refractivity contribution in [3.63, 3.8) is 0 Å². The van der Waals surface area contributed by atoms with Gasteiger partial charge < -0.3 is 15.1 Å². The molecule has 2 N–H and O–H groups in total. The summed E-state index contributed by atoms with van der Waals surface area (Å²) >= 11 is 0. The number of rotatable bonds is 5. The molecule has 1 aliphatic rings. The Morgan fingerprint density at radius 2 is 1.79 bits per heavy atom. The Labute approximate surface area is 115 Å². The van der Waals surface area contributed by atoms with Crippen molar-refractivity contribution in [2.75, 3.05) is 18.5 Å². The lowest BCUT2D eigenvalue weighted by molar-refractivity contribution is 0.0559. The summed E-state index contributed by atoms with van der Waals surface area (Å²) in [7, 11) is 2.02. The summed E-state index contributed by atoms with van der Waals surface area (Å²) in [6.07, 6.45) is 4.43. The van der Waals surface area contributed by atoms with E-state index in [2.05, 4.69) is 4.90 Å². The fourth-order valence-electron chi connectivity index (χ4n) is 2.91. The van der Waals surface area contributed by atoms with Crippen LogP contribution < -0.4 is 4.90 Å². The van der Waals surface area contributed by atoms with E-state index < -0.39 is 5.60 Å². The van der Waals surface area contributed by atoms with Crippen LogP contribution in [-0.4, -0.2) is 29.4 Å². The molecule has 1 aromatic rings. The van der Waals surface area contributed by atoms with Crippen molar-refractivity contribution in [2.24, 2.45) is 0 Å². The molecule has 1 fully saturated rings. The second kappa shape index (κ2) is 5.93. The SMILES string of the molecule is CCC(O)c1ccc(N(C)CC2(O)CCCC2)cc1. The van der Waals surface area contributed by atoms with E-state index in [1.165, 1.54) is 0 Å². The number of nitrogens with zero attached hydrogens (tertiary/aromatic N) is 1. The molecule has 0 saturated heterocycles. The summed E-state index contributed by atoms with van der Waals surface area (Å²) in [6, 6.07) is 7.98. The van der Waals surface area contributed by atoms with E-state index >= 15 is 0 Å². The first-order valence-electron chi connectivity index (χ1n) is 7.25. The molecule has 0 heterocycles. The molecule has 1 aromatic carbocycles. The maximum atomic E-state index is 10.4. The Morgan fingerprint density at radius 1 is 1.21 bits per heavy atom. The van der Waals surface area contributed by atoms with Gasteiger partial charge in [0.1, 0.15) is 0 Å². The Morgan fingerprint density at radius 3 is 2.32 bits per heavy atom. The zero-order valence-electron chi connectivity index (χ0n) is 12.0. The lowest BCUT2D eigenvalue weighted by Crippen LogP contribution is -2.39. The van der Waals surface area contributed by atoms with Gasteiger partial charge in [0.05, 0.1) is 11.7 Å². The predicted molar refractivity (Wildman–Crippen MR) is 78.4 cm³/mol. The molecule has 106 valence electrons. The van der Waals surface area contributed by atoms with Crippen molar-refractivity contribution in [1.29, 1.82) is 0 Å². The van der Waals surface area contributed by atoms with Gasteiger partial charge in [-0.2, -0.15) is 0 Å². The molecule has 3 nitrogen and oxygen atoms in total. The first kappa shape index (κ1) is 14.4. The molecule has 0 radical (unpaired) electrons. The summed E-state index contributed by atoms with van der Waals surface area (Å²) in [5, 5.41) is 20.2. The van der Waals surface area contributed by atoms with E-state index in [1.807, 2.05) is 38.2 Å². The number of likely N-dealkylation sites (N-methyl/N-ethyl adjacent to an activating group) is 1. The van der Waals surface area contributed by atoms with Gasteiger partial charge in [-0.05, 0) is 37.0 Å². The van der Waals surface area contributed by atoms with Crippen LogP contribution in [0.2, 0.25) is 0 Å². The van der Waals surface area contributed by atoms with Gasteiger partial charge in [0.2, 0.25) is 0 Å². The standard InChI is InChI=1S/C16H25NO2/c1-3-15(18)13-6-8-14(9-7-13)17(2)12-16(19)10-4-5-11-16/h6-9,15,18-19H,3-5,10-12H2,1-2H3. The van der Waals surface area contributed by atoms with Gasteiger partial charge in [-0.15, -0.1) is 0 Å². The summed E-state index contributed by atoms with van der Waals surface area (Å²) in [5.74, 6) is 0. The number of hydrogen-bond donors (Lipinski definition) is 2. The van der Waals surface area contributed by atoms with Crippen molar-refractivity contribution in [3.8, 4) is 0 Å². The van der Waals surface area contributed by atoms with Gasteiger partial charge in [-0.3, -0.25) is 0 Å². The van der Waals surface area contributed by atoms with Crippen LogP contribution in [0.5, 0.6) is 0 Å². The Bertz CT molecular complexity index is 396. The van der Waals surface area contributed by atoms with Crippen LogP contribution in [0.1, 0.15) is 50.7 Å². The third-order valence-corrected chi connectivity index (χ3v) is 4.17. The van der Waals surface area contributed by atoms with Gasteiger partial charge in [0.25, 0.3) is 0 Å². The molecular formula is C16H25NO2. The maximum absolute atomic E-state index is 10.4. The van der Waals surface area contributed by atoms with Crippen molar-refractivity contribution in [2.45, 2.75) is 50.7 Å². The molecule has 0 amide bonds. The smallest absolute Gasteiger partial charge is 0.0821 e. The van der Waals surface area contributed by atoms with Crippen molar-refractivity contribution in [3.05, 3.63) is 29.8 Å². The van der Waals surface area contributed by atoms with Crippen LogP contribution >= 0.6 is 0 Å². The highest BCUT2D eigenvalue weighted by Crippen LogP contribution is 2.31. The lowest BCUT2D eigenvalue weighted by Gasteiger charge is -2.30. The highest BCUT2D eigenvalue weighted by atomic mass is 16.3. The fraction of sp³-hybridized carbons (Fsp3) is 0.625. The average molecular weight is 263 g/mol. The molecule has 0 spiro atoms. The Hall–Kier alpha value is -1.06. The number of aliphatic hydroxyl groups excluding tert-OH is 1. The van der Waals surface area contributed by atoms with Crippen LogP contribution in [0.3, 0.4) is 0 Å². The zero-order chi connectivity index (χ0) is 13.9. The molecule has 1 atom stereocenters. The Balaban J connectivity index is 2.01. The highest BCUT2D eigenvalue weighted by molar-refractivity contribution is 5.47. The molecule has 0 aromatic heterocycles. The van der Waals surface area contributed by atoms with E-state index in [-0.39, 0.29) is 6.10 Å². The van der Waals surface area contributed by atoms with E-state index in [0.717, 1.165) is 43.4 Å². The first-order chi connectivity index (χ1) is 9.04. The van der Waals surface area contributed by atoms with E-state index in [4.69, 9.17) is 0 Å². The Kier molecular flexibility index (Phi) is 4.48. The second-order valence-corrected chi connectivity index (χ2v) is 5.80. The molecule has 19 heavy (non-hydrogen) atoms. The summed E-state index contributed by atoms with van der Waals surface area (Å²) in [5.41, 5.74) is 1.53. The number of hydrogen-bond acceptors (Lipinski definition) is 3. The minimum Gasteiger partial charge on any atom is -0.388 e. The van der Waals surface area contributed by atoms with Crippen LogP contribution in [0.25, 0.3) is 0 Å². The van der Waals surface area contributed by atoms with Crippen molar-refractivity contribution >= 4 is 5.69 Å². The van der Waals surface area contributed by atoms with Crippen LogP contribution in [0.4, 0.5) is 5.69 Å². The quantitative estimate of drug-likeness (QED) is 0.858. The summed E-state index contributed by atoms with van der Waals surface area (Å²) < 4.78 is 0. The van der Waals surface area contributed by atoms with E-state index in [9.17, 15) is 10.2 Å². The molecule has 0 aliphatic heterocycles. The van der Waals surface area contributed by atoms with Crippen LogP contribution in [-0.2, 0) is 0 Å². The molecule has 0 bridgehead atoms. The molecular weight excluding hydrogens is 238 g/mol. The second-order valence-electron chi connectivity index (χ2n) is 5.80. The fourth-order valence-corrected chi connectivity index (χ4v) is 2.91. The number of benzene rings is 1. The van der Waals surface area contributed by atoms with Gasteiger partial charge in [-0.1, -0.05) is 31.9 Å². The predicted octanol–water partition coefficient (Wildman–Crippen LogP) is 2.87. The normalized spacial score (nSPS) is 19.4. The van der Waals surface area contributed by atoms with Crippen LogP contribution in [0, 0.1) is 0 Å². The van der Waals surface area contributed by atoms with E-state index in [0.29, 0.717) is 6.54 Å². The third kappa shape index (κ3) is 3.48. The first-order valence-corrected chi connectivity index (χ1v) is 7.25. The summed E-state index contributed by atoms with van der Waals surface area (Å²) in [4.78, 5) is 2.10. The minimum atomic E-state index is -0.518. The largest absolute Gasteiger partial charge is 0.388 e. The molecule has 1 aliphatic carbocycles. The van der Waals surface area contributed by atoms with Gasteiger partial charge in [0, 0.05) is 19.3 Å².